The molecule has 1 aliphatic heterocycles. The summed E-state index contributed by atoms with van der Waals surface area (Å²) in [5.74, 6) is 0.567. The molecule has 1 saturated heterocycles. The summed E-state index contributed by atoms with van der Waals surface area (Å²) in [6.07, 6.45) is 9.92. The Morgan fingerprint density at radius 1 is 1.10 bits per heavy atom. The molecule has 0 spiro atoms. The van der Waals surface area contributed by atoms with E-state index in [-0.39, 0.29) is 17.9 Å². The lowest BCUT2D eigenvalue weighted by atomic mass is 10.1. The number of nitrogens with zero attached hydrogens (tertiary/aromatic N) is 7. The molecule has 204 valence electrons. The van der Waals surface area contributed by atoms with Gasteiger partial charge in [0.25, 0.3) is 5.91 Å². The summed E-state index contributed by atoms with van der Waals surface area (Å²) >= 11 is 0. The molecule has 6 rings (SSSR count). The lowest BCUT2D eigenvalue weighted by Gasteiger charge is -2.16. The number of rotatable bonds is 8. The van der Waals surface area contributed by atoms with Gasteiger partial charge in [0.15, 0.2) is 5.65 Å². The molecule has 1 atom stereocenters. The molecule has 3 aromatic heterocycles. The molecule has 1 saturated carbocycles. The first kappa shape index (κ1) is 25.6. The van der Waals surface area contributed by atoms with Gasteiger partial charge >= 0.3 is 0 Å². The van der Waals surface area contributed by atoms with E-state index in [0.29, 0.717) is 53.1 Å². The van der Waals surface area contributed by atoms with Crippen LogP contribution in [-0.2, 0) is 4.79 Å². The second kappa shape index (κ2) is 10.9. The number of likely N-dealkylation sites (N-methyl/N-ethyl adjacent to an activating group) is 1. The molecule has 11 nitrogen and oxygen atoms in total. The van der Waals surface area contributed by atoms with E-state index in [2.05, 4.69) is 32.2 Å². The molecule has 0 radical (unpaired) electrons. The average Bonchev–Trinajstić information content (AvgIpc) is 3.58. The maximum atomic E-state index is 12.8. The molecular weight excluding hydrogens is 506 g/mol. The molecule has 4 heterocycles. The number of aromatic nitrogens is 5. The van der Waals surface area contributed by atoms with E-state index in [1.807, 2.05) is 33.9 Å². The van der Waals surface area contributed by atoms with Gasteiger partial charge in [0.2, 0.25) is 5.91 Å². The fourth-order valence-corrected chi connectivity index (χ4v) is 5.09. The van der Waals surface area contributed by atoms with Gasteiger partial charge in [-0.2, -0.15) is 5.10 Å². The number of carbonyl (C=O) groups is 2. The van der Waals surface area contributed by atoms with Crippen LogP contribution in [0.25, 0.3) is 22.3 Å². The van der Waals surface area contributed by atoms with Gasteiger partial charge in [0, 0.05) is 49.1 Å². The molecular formula is C29H31N9O2. The number of pyridine rings is 1. The second-order valence-corrected chi connectivity index (χ2v) is 10.3. The Bertz CT molecular complexity index is 1560. The molecule has 4 aromatic rings. The third kappa shape index (κ3) is 5.28. The number of carbonyl (C=O) groups excluding carboxylic acids is 2. The molecule has 2 fully saturated rings. The summed E-state index contributed by atoms with van der Waals surface area (Å²) < 4.78 is 1.86. The van der Waals surface area contributed by atoms with Crippen LogP contribution < -0.4 is 11.1 Å². The lowest BCUT2D eigenvalue weighted by molar-refractivity contribution is -0.125. The third-order valence-electron chi connectivity index (χ3n) is 7.49. The highest BCUT2D eigenvalue weighted by Crippen LogP contribution is 2.34. The molecule has 0 unspecified atom stereocenters. The number of amides is 2. The van der Waals surface area contributed by atoms with E-state index in [9.17, 15) is 9.59 Å². The number of nitrogens with two attached hydrogens (primary N) is 1. The summed E-state index contributed by atoms with van der Waals surface area (Å²) in [6.45, 7) is 1.96. The number of hydrogen-bond donors (Lipinski definition) is 2. The van der Waals surface area contributed by atoms with Crippen LogP contribution in [0.2, 0.25) is 0 Å². The molecule has 40 heavy (non-hydrogen) atoms. The molecule has 3 N–H and O–H groups in total. The predicted molar refractivity (Wildman–Crippen MR) is 152 cm³/mol. The monoisotopic (exact) mass is 537 g/mol. The summed E-state index contributed by atoms with van der Waals surface area (Å²) in [6, 6.07) is 13.1. The smallest absolute Gasteiger partial charge is 0.256 e. The third-order valence-corrected chi connectivity index (χ3v) is 7.49. The minimum atomic E-state index is -0.257. The van der Waals surface area contributed by atoms with Gasteiger partial charge in [-0.05, 0) is 50.6 Å². The zero-order chi connectivity index (χ0) is 27.6. The minimum absolute atomic E-state index is 0.0112. The van der Waals surface area contributed by atoms with Gasteiger partial charge in [0.05, 0.1) is 11.4 Å². The van der Waals surface area contributed by atoms with Crippen LogP contribution >= 0.6 is 0 Å². The number of hydrogen-bond acceptors (Lipinski definition) is 8. The molecule has 1 aliphatic carbocycles. The number of nitrogen functional groups attached to an aromatic ring is 1. The van der Waals surface area contributed by atoms with Gasteiger partial charge in [-0.3, -0.25) is 14.5 Å². The second-order valence-electron chi connectivity index (χ2n) is 10.3. The van der Waals surface area contributed by atoms with Crippen molar-refractivity contribution in [3.63, 3.8) is 0 Å². The van der Waals surface area contributed by atoms with Crippen molar-refractivity contribution in [1.29, 1.82) is 0 Å². The van der Waals surface area contributed by atoms with Crippen molar-refractivity contribution in [1.82, 2.24) is 34.5 Å². The number of likely N-dealkylation sites (tertiary alicyclic amines) is 1. The first-order valence-corrected chi connectivity index (χ1v) is 13.4. The highest BCUT2D eigenvalue weighted by atomic mass is 16.2. The normalized spacial score (nSPS) is 17.2. The molecule has 11 heteroatoms. The topological polar surface area (TPSA) is 135 Å². The zero-order valence-corrected chi connectivity index (χ0v) is 22.3. The Morgan fingerprint density at radius 3 is 2.67 bits per heavy atom. The zero-order valence-electron chi connectivity index (χ0n) is 22.3. The van der Waals surface area contributed by atoms with E-state index in [1.54, 1.807) is 36.5 Å². The van der Waals surface area contributed by atoms with Crippen molar-refractivity contribution in [2.75, 3.05) is 37.7 Å². The Kier molecular flexibility index (Phi) is 6.95. The minimum Gasteiger partial charge on any atom is -0.383 e. The van der Waals surface area contributed by atoms with E-state index in [0.717, 1.165) is 18.5 Å². The summed E-state index contributed by atoms with van der Waals surface area (Å²) in [4.78, 5) is 42.5. The number of fused-ring (bicyclic) bond motifs is 1. The molecule has 2 amide bonds. The molecule has 2 aliphatic rings. The number of anilines is 2. The van der Waals surface area contributed by atoms with E-state index >= 15 is 0 Å². The van der Waals surface area contributed by atoms with E-state index in [1.165, 1.54) is 19.2 Å². The highest BCUT2D eigenvalue weighted by molar-refractivity contribution is 6.04. The molecule has 0 bridgehead atoms. The van der Waals surface area contributed by atoms with Gasteiger partial charge in [0.1, 0.15) is 23.7 Å². The van der Waals surface area contributed by atoms with Crippen molar-refractivity contribution < 1.29 is 9.59 Å². The van der Waals surface area contributed by atoms with Crippen LogP contribution in [0.5, 0.6) is 0 Å². The summed E-state index contributed by atoms with van der Waals surface area (Å²) in [7, 11) is 2.09. The van der Waals surface area contributed by atoms with Crippen molar-refractivity contribution in [2.45, 2.75) is 31.3 Å². The van der Waals surface area contributed by atoms with E-state index in [4.69, 9.17) is 10.8 Å². The SMILES string of the molecule is CN(C/C=C/C(=O)N1CC[C@@H](n2nc(-c3ccc(C(=O)Nc4ccccn4)cc3)c3c(N)ncnc32)C1)C1CC1. The Hall–Kier alpha value is -4.64. The largest absolute Gasteiger partial charge is 0.383 e. The first-order chi connectivity index (χ1) is 19.5. The van der Waals surface area contributed by atoms with Crippen LogP contribution in [0, 0.1) is 0 Å². The van der Waals surface area contributed by atoms with Gasteiger partial charge < -0.3 is 16.0 Å². The highest BCUT2D eigenvalue weighted by Gasteiger charge is 2.30. The average molecular weight is 538 g/mol. The Labute approximate surface area is 231 Å². The van der Waals surface area contributed by atoms with Gasteiger partial charge in [-0.1, -0.05) is 24.3 Å². The fourth-order valence-electron chi connectivity index (χ4n) is 5.09. The first-order valence-electron chi connectivity index (χ1n) is 13.4. The number of benzene rings is 1. The van der Waals surface area contributed by atoms with Crippen molar-refractivity contribution in [2.24, 2.45) is 0 Å². The lowest BCUT2D eigenvalue weighted by Crippen LogP contribution is -2.28. The number of nitrogens with one attached hydrogen (secondary N) is 1. The predicted octanol–water partition coefficient (Wildman–Crippen LogP) is 3.15. The van der Waals surface area contributed by atoms with Crippen LogP contribution in [-0.4, -0.2) is 79.1 Å². The maximum absolute atomic E-state index is 12.8. The van der Waals surface area contributed by atoms with Crippen molar-refractivity contribution >= 4 is 34.5 Å². The summed E-state index contributed by atoms with van der Waals surface area (Å²) in [5, 5.41) is 8.35. The van der Waals surface area contributed by atoms with Crippen LogP contribution in [0.1, 0.15) is 35.7 Å². The van der Waals surface area contributed by atoms with Crippen molar-refractivity contribution in [3.05, 3.63) is 72.7 Å². The summed E-state index contributed by atoms with van der Waals surface area (Å²) in [5.41, 5.74) is 8.83. The van der Waals surface area contributed by atoms with Crippen LogP contribution in [0.3, 0.4) is 0 Å². The van der Waals surface area contributed by atoms with Crippen LogP contribution in [0.15, 0.2) is 67.1 Å². The van der Waals surface area contributed by atoms with Gasteiger partial charge in [-0.25, -0.2) is 19.6 Å². The van der Waals surface area contributed by atoms with Crippen LogP contribution in [0.4, 0.5) is 11.6 Å². The maximum Gasteiger partial charge on any atom is 0.256 e. The molecule has 1 aromatic carbocycles. The quantitative estimate of drug-likeness (QED) is 0.327. The Balaban J connectivity index is 1.20. The standard InChI is InChI=1S/C29H31N9O2/c1-36(21-11-12-21)15-4-6-24(39)37-16-13-22(17-37)38-28-25(27(30)32-18-33-28)26(35-38)19-7-9-20(10-8-19)29(40)34-23-5-2-3-14-31-23/h2-10,14,18,21-22H,11-13,15-17H2,1H3,(H2,30,32,33)(H,31,34,40)/b6-4+/t22-/m1/s1. The Morgan fingerprint density at radius 2 is 1.93 bits per heavy atom. The fraction of sp³-hybridized carbons (Fsp3) is 0.310. The van der Waals surface area contributed by atoms with Gasteiger partial charge in [-0.15, -0.1) is 0 Å². The van der Waals surface area contributed by atoms with Crippen molar-refractivity contribution in [3.8, 4) is 11.3 Å². The van der Waals surface area contributed by atoms with E-state index < -0.39 is 0 Å².